The molecule has 0 saturated heterocycles. The van der Waals surface area contributed by atoms with Crippen LogP contribution in [0.1, 0.15) is 0 Å². The predicted octanol–water partition coefficient (Wildman–Crippen LogP) is 3.09. The maximum Gasteiger partial charge on any atom is 0.176 e. The molecule has 0 aliphatic heterocycles. The predicted molar refractivity (Wildman–Crippen MR) is 68.3 cm³/mol. The zero-order valence-electron chi connectivity index (χ0n) is 8.23. The van der Waals surface area contributed by atoms with Crippen molar-refractivity contribution >= 4 is 37.5 Å². The van der Waals surface area contributed by atoms with Crippen LogP contribution in [0, 0.1) is 0 Å². The second-order valence-corrected chi connectivity index (χ2v) is 7.15. The van der Waals surface area contributed by atoms with Gasteiger partial charge < -0.3 is 0 Å². The summed E-state index contributed by atoms with van der Waals surface area (Å²) in [4.78, 5) is 1.14. The summed E-state index contributed by atoms with van der Waals surface area (Å²) in [5.41, 5.74) is 0. The van der Waals surface area contributed by atoms with Crippen LogP contribution in [0.15, 0.2) is 45.1 Å². The minimum atomic E-state index is -3.15. The molecule has 1 rings (SSSR count). The molecule has 0 radical (unpaired) electrons. The third-order valence-corrected chi connectivity index (χ3v) is 4.73. The molecule has 0 aliphatic carbocycles. The smallest absolute Gasteiger partial charge is 0.176 e. The van der Waals surface area contributed by atoms with Crippen molar-refractivity contribution in [3.8, 4) is 0 Å². The van der Waals surface area contributed by atoms with Gasteiger partial charge in [-0.25, -0.2) is 8.42 Å². The first-order valence-electron chi connectivity index (χ1n) is 4.16. The lowest BCUT2D eigenvalue weighted by Gasteiger charge is -2.06. The average Bonchev–Trinajstić information content (AvgIpc) is 2.13. The number of rotatable bonds is 4. The van der Waals surface area contributed by atoms with Gasteiger partial charge in [-0.3, -0.25) is 0 Å². The first kappa shape index (κ1) is 12.8. The van der Waals surface area contributed by atoms with Crippen molar-refractivity contribution in [1.29, 1.82) is 0 Å². The second-order valence-electron chi connectivity index (χ2n) is 3.02. The van der Waals surface area contributed by atoms with Crippen molar-refractivity contribution in [3.05, 3.63) is 35.3 Å². The van der Waals surface area contributed by atoms with Gasteiger partial charge in [0.05, 0.1) is 4.90 Å². The van der Waals surface area contributed by atoms with E-state index in [2.05, 4.69) is 22.5 Å². The summed E-state index contributed by atoms with van der Waals surface area (Å²) in [7, 11) is -3.15. The Labute approximate surface area is 103 Å². The Bertz CT molecular complexity index is 466. The Hall–Kier alpha value is -0.260. The first-order valence-corrected chi connectivity index (χ1v) is 7.83. The molecule has 1 aromatic rings. The highest BCUT2D eigenvalue weighted by molar-refractivity contribution is 9.11. The molecule has 0 spiro atoms. The van der Waals surface area contributed by atoms with Crippen LogP contribution in [0.3, 0.4) is 0 Å². The molecular formula is C10H11BrO2S2. The van der Waals surface area contributed by atoms with E-state index in [1.807, 2.05) is 6.07 Å². The minimum absolute atomic E-state index is 0.378. The Morgan fingerprint density at radius 1 is 1.47 bits per heavy atom. The lowest BCUT2D eigenvalue weighted by Crippen LogP contribution is -1.99. The molecule has 0 amide bonds. The van der Waals surface area contributed by atoms with Crippen LogP contribution < -0.4 is 0 Å². The molecule has 0 aromatic heterocycles. The van der Waals surface area contributed by atoms with Crippen LogP contribution in [0.2, 0.25) is 0 Å². The van der Waals surface area contributed by atoms with E-state index >= 15 is 0 Å². The summed E-state index contributed by atoms with van der Waals surface area (Å²) in [6.07, 6.45) is 1.22. The third-order valence-electron chi connectivity index (χ3n) is 1.63. The van der Waals surface area contributed by atoms with Crippen LogP contribution in [0.25, 0.3) is 0 Å². The zero-order valence-corrected chi connectivity index (χ0v) is 11.5. The molecule has 0 N–H and O–H groups in total. The first-order chi connectivity index (χ1) is 6.91. The minimum Gasteiger partial charge on any atom is -0.224 e. The number of hydrogen-bond donors (Lipinski definition) is 0. The summed E-state index contributed by atoms with van der Waals surface area (Å²) in [6, 6.07) is 6.98. The van der Waals surface area contributed by atoms with Crippen molar-refractivity contribution in [2.75, 3.05) is 12.0 Å². The quantitative estimate of drug-likeness (QED) is 0.802. The van der Waals surface area contributed by atoms with Gasteiger partial charge in [0, 0.05) is 16.9 Å². The molecule has 0 saturated carbocycles. The van der Waals surface area contributed by atoms with E-state index in [-0.39, 0.29) is 0 Å². The van der Waals surface area contributed by atoms with Crippen molar-refractivity contribution in [1.82, 2.24) is 0 Å². The van der Waals surface area contributed by atoms with Gasteiger partial charge in [-0.1, -0.05) is 34.6 Å². The standard InChI is InChI=1S/C10H11BrO2S2/c1-8(11)7-14-9-5-3-4-6-10(9)15(2,12)13/h3-6H,1,7H2,2H3. The monoisotopic (exact) mass is 306 g/mol. The summed E-state index contributed by atoms with van der Waals surface area (Å²) in [5, 5.41) is 0. The molecule has 0 atom stereocenters. The van der Waals surface area contributed by atoms with E-state index in [0.717, 1.165) is 9.38 Å². The van der Waals surface area contributed by atoms with E-state index in [4.69, 9.17) is 0 Å². The van der Waals surface area contributed by atoms with Gasteiger partial charge in [-0.2, -0.15) is 0 Å². The van der Waals surface area contributed by atoms with E-state index in [0.29, 0.717) is 10.6 Å². The highest BCUT2D eigenvalue weighted by Gasteiger charge is 2.12. The van der Waals surface area contributed by atoms with Gasteiger partial charge in [0.1, 0.15) is 0 Å². The molecule has 1 aromatic carbocycles. The summed E-state index contributed by atoms with van der Waals surface area (Å²) >= 11 is 4.70. The molecular weight excluding hydrogens is 296 g/mol. The molecule has 5 heteroatoms. The molecule has 0 aliphatic rings. The Balaban J connectivity index is 3.02. The molecule has 0 unspecified atom stereocenters. The van der Waals surface area contributed by atoms with Gasteiger partial charge >= 0.3 is 0 Å². The van der Waals surface area contributed by atoms with Gasteiger partial charge in [0.2, 0.25) is 0 Å². The fourth-order valence-corrected chi connectivity index (χ4v) is 3.46. The van der Waals surface area contributed by atoms with E-state index in [1.54, 1.807) is 18.2 Å². The number of benzene rings is 1. The van der Waals surface area contributed by atoms with E-state index in [1.165, 1.54) is 18.0 Å². The van der Waals surface area contributed by atoms with Crippen molar-refractivity contribution in [2.24, 2.45) is 0 Å². The maximum absolute atomic E-state index is 11.5. The molecule has 0 bridgehead atoms. The SMILES string of the molecule is C=C(Br)CSc1ccccc1S(C)(=O)=O. The number of thioether (sulfide) groups is 1. The van der Waals surface area contributed by atoms with E-state index < -0.39 is 9.84 Å². The van der Waals surface area contributed by atoms with Crippen LogP contribution in [-0.4, -0.2) is 20.4 Å². The summed E-state index contributed by atoms with van der Waals surface area (Å²) in [5.74, 6) is 0.659. The average molecular weight is 307 g/mol. The number of hydrogen-bond acceptors (Lipinski definition) is 3. The van der Waals surface area contributed by atoms with Crippen molar-refractivity contribution in [2.45, 2.75) is 9.79 Å². The lowest BCUT2D eigenvalue weighted by molar-refractivity contribution is 0.600. The van der Waals surface area contributed by atoms with Crippen LogP contribution in [0.5, 0.6) is 0 Å². The van der Waals surface area contributed by atoms with Crippen LogP contribution in [0.4, 0.5) is 0 Å². The summed E-state index contributed by atoms with van der Waals surface area (Å²) < 4.78 is 23.7. The zero-order chi connectivity index (χ0) is 11.5. The summed E-state index contributed by atoms with van der Waals surface area (Å²) in [6.45, 7) is 3.71. The molecule has 82 valence electrons. The lowest BCUT2D eigenvalue weighted by atomic mass is 10.4. The van der Waals surface area contributed by atoms with Crippen LogP contribution in [-0.2, 0) is 9.84 Å². The van der Waals surface area contributed by atoms with Crippen molar-refractivity contribution in [3.63, 3.8) is 0 Å². The Morgan fingerprint density at radius 3 is 2.60 bits per heavy atom. The second kappa shape index (κ2) is 5.18. The Kier molecular flexibility index (Phi) is 4.43. The highest BCUT2D eigenvalue weighted by Crippen LogP contribution is 2.28. The Morgan fingerprint density at radius 2 is 2.07 bits per heavy atom. The third kappa shape index (κ3) is 4.01. The van der Waals surface area contributed by atoms with Gasteiger partial charge in [-0.15, -0.1) is 11.8 Å². The highest BCUT2D eigenvalue weighted by atomic mass is 79.9. The van der Waals surface area contributed by atoms with E-state index in [9.17, 15) is 8.42 Å². The van der Waals surface area contributed by atoms with Gasteiger partial charge in [-0.05, 0) is 16.6 Å². The normalized spacial score (nSPS) is 11.3. The van der Waals surface area contributed by atoms with Gasteiger partial charge in [0.25, 0.3) is 0 Å². The largest absolute Gasteiger partial charge is 0.224 e. The van der Waals surface area contributed by atoms with Crippen molar-refractivity contribution < 1.29 is 8.42 Å². The fourth-order valence-electron chi connectivity index (χ4n) is 1.03. The molecule has 15 heavy (non-hydrogen) atoms. The topological polar surface area (TPSA) is 34.1 Å². The maximum atomic E-state index is 11.5. The van der Waals surface area contributed by atoms with Crippen LogP contribution >= 0.6 is 27.7 Å². The molecule has 0 heterocycles. The number of halogens is 1. The fraction of sp³-hybridized carbons (Fsp3) is 0.200. The molecule has 0 fully saturated rings. The number of sulfone groups is 1. The van der Waals surface area contributed by atoms with Gasteiger partial charge in [0.15, 0.2) is 9.84 Å². The molecule has 2 nitrogen and oxygen atoms in total.